The molecular formula is C41H38O12. The standard InChI is InChI=1S/C41H38O12/c1-3-5-7-9-12-18(13-10-8-6-4-2)25-32-33-27-21(29(38(46)47)35(32)41(52)53)17-23(37(44)45)30(39(48)49)26(27)20-15-11-14-19-16-22(36(42)43)28(31(33)24(19)20)34(25)40(50)51/h11,14-18H,3-10,12-13H2,1-2H3,(H,42,43)(H,44,45)(H,46,47)(H,48,49)(H,50,51)(H,52,53). The first-order chi connectivity index (χ1) is 25.3. The summed E-state index contributed by atoms with van der Waals surface area (Å²) in [6.07, 6.45) is 7.15. The molecule has 0 fully saturated rings. The average molecular weight is 723 g/mol. The van der Waals surface area contributed by atoms with Crippen molar-refractivity contribution in [3.05, 3.63) is 69.3 Å². The van der Waals surface area contributed by atoms with E-state index in [2.05, 4.69) is 0 Å². The van der Waals surface area contributed by atoms with E-state index in [1.54, 1.807) is 6.07 Å². The topological polar surface area (TPSA) is 224 Å². The summed E-state index contributed by atoms with van der Waals surface area (Å²) in [4.78, 5) is 79.3. The Balaban J connectivity index is 2.04. The SMILES string of the molecule is CCCCCCC(CCCCCC)c1c(C(=O)O)c2c(C(=O)O)cc3cccc4c5c(C(=O)O)c(C(=O)O)cc6c(C(=O)O)c(C(=O)O)c1c(c65)c2c34. The summed E-state index contributed by atoms with van der Waals surface area (Å²) in [6, 6.07) is 6.66. The molecular weight excluding hydrogens is 684 g/mol. The lowest BCUT2D eigenvalue weighted by Gasteiger charge is -2.29. The van der Waals surface area contributed by atoms with Crippen molar-refractivity contribution >= 4 is 89.7 Å². The van der Waals surface area contributed by atoms with E-state index in [0.717, 1.165) is 44.6 Å². The molecule has 0 unspecified atom stereocenters. The highest BCUT2D eigenvalue weighted by atomic mass is 16.4. The molecule has 6 aromatic carbocycles. The highest BCUT2D eigenvalue weighted by Gasteiger charge is 2.38. The van der Waals surface area contributed by atoms with Gasteiger partial charge in [0.25, 0.3) is 0 Å². The van der Waals surface area contributed by atoms with Crippen molar-refractivity contribution in [2.75, 3.05) is 0 Å². The van der Waals surface area contributed by atoms with E-state index in [4.69, 9.17) is 0 Å². The zero-order valence-electron chi connectivity index (χ0n) is 29.2. The quantitative estimate of drug-likeness (QED) is 0.0294. The number of benzene rings is 6. The summed E-state index contributed by atoms with van der Waals surface area (Å²) in [5.41, 5.74) is -3.87. The van der Waals surface area contributed by atoms with Crippen molar-refractivity contribution in [3.8, 4) is 0 Å². The van der Waals surface area contributed by atoms with E-state index < -0.39 is 69.6 Å². The molecule has 0 saturated carbocycles. The van der Waals surface area contributed by atoms with Gasteiger partial charge in [0.15, 0.2) is 0 Å². The minimum Gasteiger partial charge on any atom is -0.478 e. The lowest BCUT2D eigenvalue weighted by atomic mass is 9.73. The van der Waals surface area contributed by atoms with Gasteiger partial charge in [0.1, 0.15) is 0 Å². The Morgan fingerprint density at radius 2 is 1.02 bits per heavy atom. The third kappa shape index (κ3) is 5.78. The second kappa shape index (κ2) is 14.2. The van der Waals surface area contributed by atoms with Gasteiger partial charge in [-0.1, -0.05) is 83.4 Å². The predicted octanol–water partition coefficient (Wildman–Crippen LogP) is 9.54. The van der Waals surface area contributed by atoms with Gasteiger partial charge in [-0.25, -0.2) is 28.8 Å². The van der Waals surface area contributed by atoms with Crippen LogP contribution in [-0.2, 0) is 0 Å². The van der Waals surface area contributed by atoms with Crippen molar-refractivity contribution in [2.24, 2.45) is 0 Å². The van der Waals surface area contributed by atoms with E-state index in [-0.39, 0.29) is 65.0 Å². The van der Waals surface area contributed by atoms with E-state index in [1.165, 1.54) is 18.2 Å². The molecule has 53 heavy (non-hydrogen) atoms. The van der Waals surface area contributed by atoms with Crippen LogP contribution in [0.5, 0.6) is 0 Å². The van der Waals surface area contributed by atoms with Crippen molar-refractivity contribution in [1.29, 1.82) is 0 Å². The van der Waals surface area contributed by atoms with Gasteiger partial charge in [-0.05, 0) is 68.8 Å². The fourth-order valence-electron chi connectivity index (χ4n) is 8.57. The smallest absolute Gasteiger partial charge is 0.337 e. The monoisotopic (exact) mass is 722 g/mol. The van der Waals surface area contributed by atoms with Crippen molar-refractivity contribution in [2.45, 2.75) is 84.0 Å². The number of carboxylic acids is 6. The molecule has 0 spiro atoms. The van der Waals surface area contributed by atoms with Crippen LogP contribution in [0, 0.1) is 0 Å². The minimum absolute atomic E-state index is 0.00856. The Bertz CT molecular complexity index is 2500. The summed E-state index contributed by atoms with van der Waals surface area (Å²) in [5, 5.41) is 63.9. The van der Waals surface area contributed by atoms with Crippen molar-refractivity contribution < 1.29 is 59.4 Å². The highest BCUT2D eigenvalue weighted by Crippen LogP contribution is 2.53. The molecule has 0 heterocycles. The Morgan fingerprint density at radius 1 is 0.472 bits per heavy atom. The first kappa shape index (κ1) is 36.7. The normalized spacial score (nSPS) is 11.9. The summed E-state index contributed by atoms with van der Waals surface area (Å²) in [6.45, 7) is 4.06. The van der Waals surface area contributed by atoms with Gasteiger partial charge < -0.3 is 30.6 Å². The third-order valence-electron chi connectivity index (χ3n) is 10.6. The fraction of sp³-hybridized carbons (Fsp3) is 0.317. The van der Waals surface area contributed by atoms with Crippen LogP contribution in [0.4, 0.5) is 0 Å². The van der Waals surface area contributed by atoms with Crippen molar-refractivity contribution in [3.63, 3.8) is 0 Å². The van der Waals surface area contributed by atoms with Gasteiger partial charge in [-0.3, -0.25) is 0 Å². The molecule has 0 aliphatic carbocycles. The molecule has 0 bridgehead atoms. The minimum atomic E-state index is -1.75. The zero-order chi connectivity index (χ0) is 38.5. The lowest BCUT2D eigenvalue weighted by Crippen LogP contribution is -2.19. The molecule has 0 aliphatic heterocycles. The maximum absolute atomic E-state index is 13.7. The molecule has 6 N–H and O–H groups in total. The highest BCUT2D eigenvalue weighted by molar-refractivity contribution is 6.47. The molecule has 0 atom stereocenters. The number of carbonyl (C=O) groups is 6. The number of unbranched alkanes of at least 4 members (excludes halogenated alkanes) is 6. The van der Waals surface area contributed by atoms with E-state index in [0.29, 0.717) is 25.7 Å². The van der Waals surface area contributed by atoms with Gasteiger partial charge in [-0.2, -0.15) is 0 Å². The summed E-state index contributed by atoms with van der Waals surface area (Å²) >= 11 is 0. The number of hydrogen-bond acceptors (Lipinski definition) is 6. The van der Waals surface area contributed by atoms with Crippen LogP contribution in [0.15, 0.2) is 30.3 Å². The van der Waals surface area contributed by atoms with Crippen LogP contribution in [-0.4, -0.2) is 66.5 Å². The van der Waals surface area contributed by atoms with Gasteiger partial charge in [0.2, 0.25) is 0 Å². The maximum Gasteiger partial charge on any atom is 0.337 e. The molecule has 0 aliphatic rings. The molecule has 6 aromatic rings. The van der Waals surface area contributed by atoms with Gasteiger partial charge in [-0.15, -0.1) is 0 Å². The number of aromatic carboxylic acids is 6. The van der Waals surface area contributed by atoms with Gasteiger partial charge in [0, 0.05) is 21.5 Å². The summed E-state index contributed by atoms with van der Waals surface area (Å²) < 4.78 is 0. The third-order valence-corrected chi connectivity index (χ3v) is 10.6. The number of carboxylic acid groups (broad SMARTS) is 6. The van der Waals surface area contributed by atoms with Crippen LogP contribution in [0.2, 0.25) is 0 Å². The van der Waals surface area contributed by atoms with Crippen LogP contribution >= 0.6 is 0 Å². The maximum atomic E-state index is 13.7. The largest absolute Gasteiger partial charge is 0.478 e. The number of fused-ring (bicyclic) bond motifs is 1. The van der Waals surface area contributed by atoms with Crippen molar-refractivity contribution in [1.82, 2.24) is 0 Å². The van der Waals surface area contributed by atoms with E-state index in [9.17, 15) is 59.4 Å². The number of hydrogen-bond donors (Lipinski definition) is 6. The van der Waals surface area contributed by atoms with Gasteiger partial charge >= 0.3 is 35.8 Å². The predicted molar refractivity (Wildman–Crippen MR) is 198 cm³/mol. The molecule has 12 nitrogen and oxygen atoms in total. The lowest BCUT2D eigenvalue weighted by molar-refractivity contribution is 0.0652. The molecule has 0 radical (unpaired) electrons. The number of rotatable bonds is 17. The molecule has 12 heteroatoms. The van der Waals surface area contributed by atoms with Crippen LogP contribution in [0.25, 0.3) is 53.9 Å². The Labute approximate surface area is 301 Å². The fourth-order valence-corrected chi connectivity index (χ4v) is 8.57. The first-order valence-corrected chi connectivity index (χ1v) is 17.7. The zero-order valence-corrected chi connectivity index (χ0v) is 29.2. The Hall–Kier alpha value is -6.04. The van der Waals surface area contributed by atoms with Crippen LogP contribution < -0.4 is 0 Å². The van der Waals surface area contributed by atoms with Crippen LogP contribution in [0.3, 0.4) is 0 Å². The van der Waals surface area contributed by atoms with Crippen LogP contribution in [0.1, 0.15) is 152 Å². The van der Waals surface area contributed by atoms with Gasteiger partial charge in [0.05, 0.1) is 33.4 Å². The molecule has 0 saturated heterocycles. The second-order valence-electron chi connectivity index (χ2n) is 13.7. The van der Waals surface area contributed by atoms with E-state index in [1.807, 2.05) is 13.8 Å². The summed E-state index contributed by atoms with van der Waals surface area (Å²) in [5.74, 6) is -10.4. The molecule has 6 rings (SSSR count). The Kier molecular flexibility index (Phi) is 9.83. The van der Waals surface area contributed by atoms with E-state index >= 15 is 0 Å². The molecule has 0 amide bonds. The Morgan fingerprint density at radius 3 is 1.53 bits per heavy atom. The summed E-state index contributed by atoms with van der Waals surface area (Å²) in [7, 11) is 0. The first-order valence-electron chi connectivity index (χ1n) is 17.7. The second-order valence-corrected chi connectivity index (χ2v) is 13.7. The molecule has 0 aromatic heterocycles. The molecule has 274 valence electrons. The average Bonchev–Trinajstić information content (AvgIpc) is 3.10.